The van der Waals surface area contributed by atoms with Gasteiger partial charge in [0, 0.05) is 12.2 Å². The molecule has 0 atom stereocenters. The molecule has 0 bridgehead atoms. The van der Waals surface area contributed by atoms with E-state index in [1.807, 2.05) is 0 Å². The fourth-order valence-electron chi connectivity index (χ4n) is 3.76. The SMILES string of the molecule is CCNc1[c-]cc(/C(=C2\C=CC(=[NH2+])[C-]=C2S(=O)(=O)O)c2ccc(N)c(S(=O)(=O)[O-])c2)c(S(=O)(=O)O)c1C.[Na+].[Na+]. The van der Waals surface area contributed by atoms with E-state index in [9.17, 15) is 38.9 Å². The van der Waals surface area contributed by atoms with Gasteiger partial charge in [0.15, 0.2) is 0 Å². The third-order valence-electron chi connectivity index (χ3n) is 5.23. The third kappa shape index (κ3) is 7.90. The molecule has 1 aliphatic rings. The van der Waals surface area contributed by atoms with Crippen molar-refractivity contribution < 1.29 is 103 Å². The van der Waals surface area contributed by atoms with Gasteiger partial charge in [0.2, 0.25) is 0 Å². The topological polar surface area (TPSA) is 230 Å². The molecule has 7 N–H and O–H groups in total. The summed E-state index contributed by atoms with van der Waals surface area (Å²) in [5.74, 6) is 0. The Kier molecular flexibility index (Phi) is 12.0. The first kappa shape index (κ1) is 35.7. The van der Waals surface area contributed by atoms with Crippen LogP contribution in [0.15, 0.2) is 56.7 Å². The molecule has 3 rings (SSSR count). The Bertz CT molecular complexity index is 1750. The van der Waals surface area contributed by atoms with Crippen LogP contribution in [0.1, 0.15) is 23.6 Å². The van der Waals surface area contributed by atoms with Crippen LogP contribution in [-0.2, 0) is 30.4 Å². The minimum absolute atomic E-state index is 0. The Morgan fingerprint density at radius 2 is 1.69 bits per heavy atom. The maximum Gasteiger partial charge on any atom is 1.00 e. The molecule has 0 saturated carbocycles. The molecule has 0 spiro atoms. The van der Waals surface area contributed by atoms with Gasteiger partial charge < -0.3 is 15.6 Å². The van der Waals surface area contributed by atoms with Crippen molar-refractivity contribution in [1.29, 1.82) is 0 Å². The average molecular weight is 614 g/mol. The van der Waals surface area contributed by atoms with Crippen molar-refractivity contribution >= 4 is 53.0 Å². The normalized spacial score (nSPS) is 15.1. The maximum absolute atomic E-state index is 12.6. The van der Waals surface area contributed by atoms with E-state index < -0.39 is 50.7 Å². The Balaban J connectivity index is 0.00000380. The van der Waals surface area contributed by atoms with Crippen LogP contribution in [0.3, 0.4) is 0 Å². The molecule has 0 amide bonds. The Morgan fingerprint density at radius 3 is 2.21 bits per heavy atom. The van der Waals surface area contributed by atoms with E-state index in [-0.39, 0.29) is 98.4 Å². The predicted molar refractivity (Wildman–Crippen MR) is 133 cm³/mol. The summed E-state index contributed by atoms with van der Waals surface area (Å²) in [6.45, 7) is 3.45. The molecule has 0 unspecified atom stereocenters. The first-order chi connectivity index (χ1) is 17.0. The quantitative estimate of drug-likeness (QED) is 0.0854. The fourth-order valence-corrected chi connectivity index (χ4v) is 6.01. The van der Waals surface area contributed by atoms with Gasteiger partial charge in [-0.2, -0.15) is 35.0 Å². The van der Waals surface area contributed by atoms with Crippen molar-refractivity contribution in [2.24, 2.45) is 0 Å². The largest absolute Gasteiger partial charge is 1.00 e. The summed E-state index contributed by atoms with van der Waals surface area (Å²) in [7, 11) is -15.2. The van der Waals surface area contributed by atoms with Crippen LogP contribution in [0.2, 0.25) is 0 Å². The van der Waals surface area contributed by atoms with E-state index in [0.29, 0.717) is 6.54 Å². The van der Waals surface area contributed by atoms with Crippen molar-refractivity contribution in [3.8, 4) is 0 Å². The Morgan fingerprint density at radius 1 is 1.08 bits per heavy atom. The average Bonchev–Trinajstić information content (AvgIpc) is 2.75. The standard InChI is InChI=1S/C22H21N3O9S3.2Na/c1-3-25-18-9-7-16(22(12(18)2)37(32,33)34)21(13-4-8-17(24)20(10-13)36(29,30)31)15-6-5-14(23)11-19(15)35(26,27)28;;/h4-8,10,23,25H,3,24H2,1-2H3,(H,26,27,28)(H,29,30,31)(H,32,33,34);;/q-2;2*+1/b21-15+,23-14?;;. The molecule has 1 aliphatic carbocycles. The van der Waals surface area contributed by atoms with Gasteiger partial charge in [0.25, 0.3) is 20.2 Å². The molecule has 0 radical (unpaired) electrons. The fraction of sp³-hybridized carbons (Fsp3) is 0.136. The summed E-state index contributed by atoms with van der Waals surface area (Å²) in [5, 5.41) is 8.53. The van der Waals surface area contributed by atoms with Crippen molar-refractivity contribution in [3.63, 3.8) is 0 Å². The second-order valence-electron chi connectivity index (χ2n) is 7.75. The number of benzene rings is 2. The third-order valence-corrected chi connectivity index (χ3v) is 8.00. The summed E-state index contributed by atoms with van der Waals surface area (Å²) in [4.78, 5) is -2.41. The maximum atomic E-state index is 12.6. The zero-order valence-corrected chi connectivity index (χ0v) is 27.8. The van der Waals surface area contributed by atoms with Crippen LogP contribution in [-0.4, -0.2) is 51.2 Å². The number of hydrogen-bond acceptors (Lipinski definition) is 9. The summed E-state index contributed by atoms with van der Waals surface area (Å²) in [6.07, 6.45) is 4.59. The molecule has 2 aromatic rings. The zero-order chi connectivity index (χ0) is 27.9. The second kappa shape index (κ2) is 13.1. The van der Waals surface area contributed by atoms with Crippen molar-refractivity contribution in [1.82, 2.24) is 0 Å². The number of anilines is 2. The summed E-state index contributed by atoms with van der Waals surface area (Å²) in [5.41, 5.74) is 4.03. The van der Waals surface area contributed by atoms with Gasteiger partial charge in [0.05, 0.1) is 10.6 Å². The van der Waals surface area contributed by atoms with Crippen molar-refractivity contribution in [2.75, 3.05) is 17.6 Å². The molecule has 198 valence electrons. The van der Waals surface area contributed by atoms with Gasteiger partial charge in [0.1, 0.15) is 10.1 Å². The monoisotopic (exact) mass is 613 g/mol. The van der Waals surface area contributed by atoms with E-state index >= 15 is 0 Å². The molecule has 0 saturated heterocycles. The first-order valence-electron chi connectivity index (χ1n) is 10.3. The van der Waals surface area contributed by atoms with Gasteiger partial charge in [-0.25, -0.2) is 8.42 Å². The number of nitrogens with one attached hydrogen (secondary N) is 1. The van der Waals surface area contributed by atoms with Crippen LogP contribution in [0.4, 0.5) is 11.4 Å². The smallest absolute Gasteiger partial charge is 0.744 e. The molecule has 17 heteroatoms. The van der Waals surface area contributed by atoms with Crippen LogP contribution in [0, 0.1) is 19.1 Å². The molecular weight excluding hydrogens is 592 g/mol. The number of nitrogens with two attached hydrogens (primary N) is 2. The van der Waals surface area contributed by atoms with Crippen LogP contribution in [0.25, 0.3) is 5.57 Å². The molecular formula is C22H21N3Na2O9S3. The van der Waals surface area contributed by atoms with E-state index in [4.69, 9.17) is 11.1 Å². The molecule has 39 heavy (non-hydrogen) atoms. The predicted octanol–water partition coefficient (Wildman–Crippen LogP) is -5.89. The van der Waals surface area contributed by atoms with Crippen LogP contribution in [0.5, 0.6) is 0 Å². The molecule has 0 fully saturated rings. The molecule has 12 nitrogen and oxygen atoms in total. The number of hydrogen-bond donors (Lipinski definition) is 5. The van der Waals surface area contributed by atoms with Gasteiger partial charge in [-0.1, -0.05) is 24.8 Å². The molecule has 2 aromatic carbocycles. The van der Waals surface area contributed by atoms with Crippen LogP contribution < -0.4 is 75.6 Å². The Hall–Kier alpha value is -1.34. The van der Waals surface area contributed by atoms with E-state index in [0.717, 1.165) is 24.3 Å². The first-order valence-corrected chi connectivity index (χ1v) is 14.5. The Labute approximate surface area is 270 Å². The van der Waals surface area contributed by atoms with E-state index in [1.54, 1.807) is 6.92 Å². The van der Waals surface area contributed by atoms with Gasteiger partial charge in [-0.05, 0) is 34.4 Å². The van der Waals surface area contributed by atoms with Crippen molar-refractivity contribution in [3.05, 3.63) is 75.7 Å². The van der Waals surface area contributed by atoms with Gasteiger partial charge >= 0.3 is 59.1 Å². The van der Waals surface area contributed by atoms with Gasteiger partial charge in [-0.15, -0.1) is 28.3 Å². The number of rotatable bonds is 7. The number of allylic oxidation sites excluding steroid dienone is 4. The summed E-state index contributed by atoms with van der Waals surface area (Å²) in [6, 6.07) is 6.99. The van der Waals surface area contributed by atoms with Crippen molar-refractivity contribution in [2.45, 2.75) is 23.6 Å². The summed E-state index contributed by atoms with van der Waals surface area (Å²) < 4.78 is 105. The van der Waals surface area contributed by atoms with E-state index in [1.165, 1.54) is 19.1 Å². The molecule has 0 aromatic heterocycles. The minimum atomic E-state index is -5.13. The molecule has 0 aliphatic heterocycles. The molecule has 0 heterocycles. The second-order valence-corrected chi connectivity index (χ2v) is 11.8. The number of nitrogen functional groups attached to an aromatic ring is 1. The zero-order valence-electron chi connectivity index (χ0n) is 21.3. The summed E-state index contributed by atoms with van der Waals surface area (Å²) >= 11 is 0. The minimum Gasteiger partial charge on any atom is -0.744 e. The van der Waals surface area contributed by atoms with Crippen LogP contribution >= 0.6 is 0 Å². The van der Waals surface area contributed by atoms with E-state index in [2.05, 4.69) is 17.5 Å². The van der Waals surface area contributed by atoms with Gasteiger partial charge in [-0.3, -0.25) is 14.5 Å².